The highest BCUT2D eigenvalue weighted by atomic mass is 16.5. The lowest BCUT2D eigenvalue weighted by atomic mass is 9.82. The van der Waals surface area contributed by atoms with Gasteiger partial charge >= 0.3 is 0 Å². The van der Waals surface area contributed by atoms with Crippen molar-refractivity contribution in [2.75, 3.05) is 19.7 Å². The Kier molecular flexibility index (Phi) is 5.00. The summed E-state index contributed by atoms with van der Waals surface area (Å²) in [6.45, 7) is 6.16. The number of nitrogens with one attached hydrogen (secondary N) is 1. The predicted molar refractivity (Wildman–Crippen MR) is 76.0 cm³/mol. The van der Waals surface area contributed by atoms with Crippen LogP contribution in [0, 0.1) is 11.3 Å². The Morgan fingerprint density at radius 2 is 2.15 bits per heavy atom. The van der Waals surface area contributed by atoms with E-state index in [1.807, 2.05) is 13.8 Å². The summed E-state index contributed by atoms with van der Waals surface area (Å²) < 4.78 is 5.50. The molecule has 0 aromatic carbocycles. The van der Waals surface area contributed by atoms with Crippen molar-refractivity contribution in [2.24, 2.45) is 0 Å². The lowest BCUT2D eigenvalue weighted by molar-refractivity contribution is -0.130. The number of carbonyl (C=O) groups is 1. The number of morpholine rings is 1. The molecule has 1 N–H and O–H groups in total. The molecule has 0 spiro atoms. The van der Waals surface area contributed by atoms with Gasteiger partial charge in [0.15, 0.2) is 0 Å². The van der Waals surface area contributed by atoms with E-state index < -0.39 is 5.54 Å². The first-order chi connectivity index (χ1) is 9.56. The molecule has 1 heterocycles. The van der Waals surface area contributed by atoms with E-state index in [9.17, 15) is 10.1 Å². The monoisotopic (exact) mass is 279 g/mol. The van der Waals surface area contributed by atoms with E-state index in [0.29, 0.717) is 6.61 Å². The summed E-state index contributed by atoms with van der Waals surface area (Å²) in [6, 6.07) is 2.14. The minimum absolute atomic E-state index is 0.0254. The average molecular weight is 279 g/mol. The van der Waals surface area contributed by atoms with Crippen molar-refractivity contribution in [2.45, 2.75) is 63.6 Å². The molecule has 5 heteroatoms. The first-order valence-corrected chi connectivity index (χ1v) is 7.65. The molecular formula is C15H25N3O2. The Hall–Kier alpha value is -1.12. The molecule has 1 amide bonds. The van der Waals surface area contributed by atoms with Gasteiger partial charge in [0.2, 0.25) is 5.91 Å². The molecule has 2 fully saturated rings. The maximum Gasteiger partial charge on any atom is 0.238 e. The smallest absolute Gasteiger partial charge is 0.238 e. The van der Waals surface area contributed by atoms with Crippen molar-refractivity contribution in [3.8, 4) is 6.07 Å². The summed E-state index contributed by atoms with van der Waals surface area (Å²) in [7, 11) is 0. The molecule has 1 saturated carbocycles. The van der Waals surface area contributed by atoms with Crippen LogP contribution in [-0.4, -0.2) is 48.2 Å². The van der Waals surface area contributed by atoms with Crippen molar-refractivity contribution < 1.29 is 9.53 Å². The van der Waals surface area contributed by atoms with E-state index in [1.54, 1.807) is 0 Å². The molecule has 1 aliphatic heterocycles. The van der Waals surface area contributed by atoms with Gasteiger partial charge in [-0.2, -0.15) is 5.26 Å². The topological polar surface area (TPSA) is 65.4 Å². The van der Waals surface area contributed by atoms with Gasteiger partial charge in [0.05, 0.1) is 24.8 Å². The third-order valence-corrected chi connectivity index (χ3v) is 4.48. The van der Waals surface area contributed by atoms with Gasteiger partial charge in [-0.05, 0) is 26.7 Å². The van der Waals surface area contributed by atoms with Crippen LogP contribution >= 0.6 is 0 Å². The van der Waals surface area contributed by atoms with Crippen LogP contribution in [0.1, 0.15) is 46.0 Å². The lowest BCUT2D eigenvalue weighted by Gasteiger charge is -2.37. The number of amides is 1. The second kappa shape index (κ2) is 6.55. The molecule has 0 bridgehead atoms. The zero-order valence-electron chi connectivity index (χ0n) is 12.5. The summed E-state index contributed by atoms with van der Waals surface area (Å²) in [5.74, 6) is -0.0254. The summed E-state index contributed by atoms with van der Waals surface area (Å²) >= 11 is 0. The van der Waals surface area contributed by atoms with Gasteiger partial charge in [0, 0.05) is 13.1 Å². The van der Waals surface area contributed by atoms with Gasteiger partial charge in [-0.25, -0.2) is 0 Å². The summed E-state index contributed by atoms with van der Waals surface area (Å²) in [6.07, 6.45) is 4.94. The Balaban J connectivity index is 1.94. The van der Waals surface area contributed by atoms with Gasteiger partial charge in [-0.15, -0.1) is 0 Å². The molecule has 112 valence electrons. The molecule has 2 unspecified atom stereocenters. The molecule has 0 aromatic rings. The second-order valence-corrected chi connectivity index (χ2v) is 6.10. The Morgan fingerprint density at radius 3 is 2.75 bits per heavy atom. The number of carbonyl (C=O) groups excluding carboxylic acids is 1. The van der Waals surface area contributed by atoms with Gasteiger partial charge in [-0.1, -0.05) is 19.3 Å². The third-order valence-electron chi connectivity index (χ3n) is 4.48. The van der Waals surface area contributed by atoms with Crippen molar-refractivity contribution in [1.82, 2.24) is 10.2 Å². The van der Waals surface area contributed by atoms with Crippen molar-refractivity contribution >= 4 is 5.91 Å². The van der Waals surface area contributed by atoms with Crippen LogP contribution < -0.4 is 5.32 Å². The number of rotatable bonds is 3. The molecule has 2 aliphatic rings. The number of nitriles is 1. The van der Waals surface area contributed by atoms with Crippen molar-refractivity contribution in [1.29, 1.82) is 5.26 Å². The van der Waals surface area contributed by atoms with Gasteiger partial charge in [0.1, 0.15) is 5.54 Å². The summed E-state index contributed by atoms with van der Waals surface area (Å²) in [4.78, 5) is 14.6. The maximum atomic E-state index is 12.4. The summed E-state index contributed by atoms with van der Waals surface area (Å²) in [5.41, 5.74) is -0.637. The highest BCUT2D eigenvalue weighted by Gasteiger charge is 2.36. The van der Waals surface area contributed by atoms with Crippen LogP contribution in [0.5, 0.6) is 0 Å². The molecule has 2 atom stereocenters. The number of nitrogens with zero attached hydrogens (tertiary/aromatic N) is 2. The second-order valence-electron chi connectivity index (χ2n) is 6.10. The van der Waals surface area contributed by atoms with Crippen molar-refractivity contribution in [3.05, 3.63) is 0 Å². The van der Waals surface area contributed by atoms with E-state index >= 15 is 0 Å². The predicted octanol–water partition coefficient (Wildman–Crippen LogP) is 1.44. The maximum absolute atomic E-state index is 12.4. The molecule has 1 saturated heterocycles. The Bertz CT molecular complexity index is 385. The standard InChI is InChI=1S/C15H25N3O2/c1-12-10-18(8-9-20-12)13(2)14(19)17-15(11-16)6-4-3-5-7-15/h12-13H,3-10H2,1-2H3,(H,17,19). The lowest BCUT2D eigenvalue weighted by Crippen LogP contribution is -2.57. The average Bonchev–Trinajstić information content (AvgIpc) is 2.47. The van der Waals surface area contributed by atoms with Crippen LogP contribution in [0.3, 0.4) is 0 Å². The van der Waals surface area contributed by atoms with Crippen LogP contribution in [0.25, 0.3) is 0 Å². The van der Waals surface area contributed by atoms with Gasteiger partial charge < -0.3 is 10.1 Å². The fraction of sp³-hybridized carbons (Fsp3) is 0.867. The molecule has 20 heavy (non-hydrogen) atoms. The molecule has 0 radical (unpaired) electrons. The van der Waals surface area contributed by atoms with E-state index in [-0.39, 0.29) is 18.1 Å². The van der Waals surface area contributed by atoms with Crippen molar-refractivity contribution in [3.63, 3.8) is 0 Å². The fourth-order valence-corrected chi connectivity index (χ4v) is 3.12. The first kappa shape index (κ1) is 15.3. The Labute approximate surface area is 121 Å². The largest absolute Gasteiger partial charge is 0.376 e. The quantitative estimate of drug-likeness (QED) is 0.849. The molecule has 0 aromatic heterocycles. The van der Waals surface area contributed by atoms with Crippen LogP contribution in [0.15, 0.2) is 0 Å². The molecule has 1 aliphatic carbocycles. The highest BCUT2D eigenvalue weighted by Crippen LogP contribution is 2.27. The van der Waals surface area contributed by atoms with E-state index in [2.05, 4.69) is 16.3 Å². The first-order valence-electron chi connectivity index (χ1n) is 7.65. The number of hydrogen-bond acceptors (Lipinski definition) is 4. The van der Waals surface area contributed by atoms with E-state index in [1.165, 1.54) is 0 Å². The minimum atomic E-state index is -0.637. The normalized spacial score (nSPS) is 28.4. The molecular weight excluding hydrogens is 254 g/mol. The minimum Gasteiger partial charge on any atom is -0.376 e. The third kappa shape index (κ3) is 3.50. The SMILES string of the molecule is CC1CN(C(C)C(=O)NC2(C#N)CCCCC2)CCO1. The van der Waals surface area contributed by atoms with Gasteiger partial charge in [0.25, 0.3) is 0 Å². The Morgan fingerprint density at radius 1 is 1.45 bits per heavy atom. The van der Waals surface area contributed by atoms with Crippen LogP contribution in [-0.2, 0) is 9.53 Å². The number of ether oxygens (including phenoxy) is 1. The fourth-order valence-electron chi connectivity index (χ4n) is 3.12. The van der Waals surface area contributed by atoms with E-state index in [0.717, 1.165) is 45.2 Å². The van der Waals surface area contributed by atoms with Crippen LogP contribution in [0.2, 0.25) is 0 Å². The number of hydrogen-bond donors (Lipinski definition) is 1. The highest BCUT2D eigenvalue weighted by molar-refractivity contribution is 5.82. The van der Waals surface area contributed by atoms with Gasteiger partial charge in [-0.3, -0.25) is 9.69 Å². The molecule has 5 nitrogen and oxygen atoms in total. The van der Waals surface area contributed by atoms with Crippen LogP contribution in [0.4, 0.5) is 0 Å². The zero-order valence-corrected chi connectivity index (χ0v) is 12.5. The summed E-state index contributed by atoms with van der Waals surface area (Å²) in [5, 5.41) is 12.4. The molecule has 2 rings (SSSR count). The zero-order chi connectivity index (χ0) is 14.6. The van der Waals surface area contributed by atoms with E-state index in [4.69, 9.17) is 4.74 Å².